The molecule has 0 aliphatic carbocycles. The van der Waals surface area contributed by atoms with Gasteiger partial charge in [-0.05, 0) is 29.7 Å². The maximum atomic E-state index is 6.26. The zero-order chi connectivity index (χ0) is 19.3. The van der Waals surface area contributed by atoms with E-state index in [0.717, 1.165) is 22.6 Å². The molecule has 0 saturated carbocycles. The summed E-state index contributed by atoms with van der Waals surface area (Å²) in [6.07, 6.45) is 0. The highest BCUT2D eigenvalue weighted by Crippen LogP contribution is 2.27. The number of benzene rings is 4. The average Bonchev–Trinajstić information content (AvgIpc) is 2.72. The van der Waals surface area contributed by atoms with Crippen molar-refractivity contribution in [1.82, 2.24) is 0 Å². The van der Waals surface area contributed by atoms with E-state index >= 15 is 0 Å². The first-order valence-electron chi connectivity index (χ1n) is 9.07. The first kappa shape index (κ1) is 18.7. The third kappa shape index (κ3) is 4.24. The minimum Gasteiger partial charge on any atom is -0.488 e. The highest BCUT2D eigenvalue weighted by Gasteiger charge is 2.07. The van der Waals surface area contributed by atoms with E-state index in [1.54, 1.807) is 6.07 Å². The van der Waals surface area contributed by atoms with E-state index < -0.39 is 0 Å². The van der Waals surface area contributed by atoms with Crippen molar-refractivity contribution in [3.8, 4) is 5.75 Å². The molecule has 0 heterocycles. The number of hydrogen-bond acceptors (Lipinski definition) is 2. The standard InChI is InChI=1S/C24H19Cl2NO/c25-20-13-12-19(22(26)14-20)16-28-24-11-4-2-7-18(24)15-27-23-10-5-8-17-6-1-3-9-21(17)23/h1-14,27H,15-16H2. The quantitative estimate of drug-likeness (QED) is 0.360. The summed E-state index contributed by atoms with van der Waals surface area (Å²) in [6, 6.07) is 28.1. The molecule has 4 aromatic carbocycles. The van der Waals surface area contributed by atoms with Crippen molar-refractivity contribution >= 4 is 39.7 Å². The van der Waals surface area contributed by atoms with Crippen LogP contribution >= 0.6 is 23.2 Å². The zero-order valence-electron chi connectivity index (χ0n) is 15.2. The molecule has 28 heavy (non-hydrogen) atoms. The number of rotatable bonds is 6. The van der Waals surface area contributed by atoms with Gasteiger partial charge in [0.25, 0.3) is 0 Å². The Morgan fingerprint density at radius 2 is 1.54 bits per heavy atom. The zero-order valence-corrected chi connectivity index (χ0v) is 16.7. The minimum absolute atomic E-state index is 0.390. The van der Waals surface area contributed by atoms with Gasteiger partial charge in [0.15, 0.2) is 0 Å². The Bertz CT molecular complexity index is 1110. The molecule has 4 aromatic rings. The van der Waals surface area contributed by atoms with Gasteiger partial charge in [-0.1, -0.05) is 83.9 Å². The van der Waals surface area contributed by atoms with Crippen LogP contribution in [0.4, 0.5) is 5.69 Å². The number of halogens is 2. The molecule has 0 spiro atoms. The summed E-state index contributed by atoms with van der Waals surface area (Å²) in [4.78, 5) is 0. The number of ether oxygens (including phenoxy) is 1. The Balaban J connectivity index is 1.50. The molecule has 0 unspecified atom stereocenters. The fourth-order valence-corrected chi connectivity index (χ4v) is 3.62. The van der Waals surface area contributed by atoms with E-state index in [1.165, 1.54) is 10.8 Å². The third-order valence-electron chi connectivity index (χ3n) is 4.63. The fourth-order valence-electron chi connectivity index (χ4n) is 3.15. The number of hydrogen-bond donors (Lipinski definition) is 1. The summed E-state index contributed by atoms with van der Waals surface area (Å²) in [5, 5.41) is 7.19. The van der Waals surface area contributed by atoms with Crippen LogP contribution in [0.25, 0.3) is 10.8 Å². The van der Waals surface area contributed by atoms with Gasteiger partial charge in [-0.2, -0.15) is 0 Å². The van der Waals surface area contributed by atoms with E-state index in [2.05, 4.69) is 53.8 Å². The minimum atomic E-state index is 0.390. The van der Waals surface area contributed by atoms with Gasteiger partial charge >= 0.3 is 0 Å². The van der Waals surface area contributed by atoms with Crippen LogP contribution in [0.3, 0.4) is 0 Å². The molecule has 0 fully saturated rings. The molecule has 0 bridgehead atoms. The summed E-state index contributed by atoms with van der Waals surface area (Å²) in [6.45, 7) is 1.06. The van der Waals surface area contributed by atoms with Gasteiger partial charge in [0.05, 0.1) is 0 Å². The molecular weight excluding hydrogens is 389 g/mol. The molecular formula is C24H19Cl2NO. The Morgan fingerprint density at radius 3 is 2.43 bits per heavy atom. The van der Waals surface area contributed by atoms with Crippen LogP contribution in [-0.2, 0) is 13.2 Å². The molecule has 0 aliphatic rings. The first-order chi connectivity index (χ1) is 13.7. The second-order valence-electron chi connectivity index (χ2n) is 6.51. The highest BCUT2D eigenvalue weighted by molar-refractivity contribution is 6.35. The lowest BCUT2D eigenvalue weighted by molar-refractivity contribution is 0.303. The topological polar surface area (TPSA) is 21.3 Å². The van der Waals surface area contributed by atoms with Gasteiger partial charge in [0.1, 0.15) is 12.4 Å². The van der Waals surface area contributed by atoms with Crippen molar-refractivity contribution in [3.63, 3.8) is 0 Å². The average molecular weight is 408 g/mol. The summed E-state index contributed by atoms with van der Waals surface area (Å²) < 4.78 is 6.05. The lowest BCUT2D eigenvalue weighted by atomic mass is 10.1. The molecule has 0 aliphatic heterocycles. The highest BCUT2D eigenvalue weighted by atomic mass is 35.5. The van der Waals surface area contributed by atoms with Gasteiger partial charge < -0.3 is 10.1 Å². The second kappa shape index (κ2) is 8.55. The molecule has 0 atom stereocenters. The molecule has 0 aromatic heterocycles. The smallest absolute Gasteiger partial charge is 0.124 e. The predicted octanol–water partition coefficient (Wildman–Crippen LogP) is 7.34. The monoisotopic (exact) mass is 407 g/mol. The van der Waals surface area contributed by atoms with Crippen LogP contribution in [0.5, 0.6) is 5.75 Å². The summed E-state index contributed by atoms with van der Waals surface area (Å²) in [5.41, 5.74) is 3.09. The van der Waals surface area contributed by atoms with Crippen LogP contribution in [0, 0.1) is 0 Å². The first-order valence-corrected chi connectivity index (χ1v) is 9.82. The van der Waals surface area contributed by atoms with E-state index in [-0.39, 0.29) is 0 Å². The molecule has 140 valence electrons. The fraction of sp³-hybridized carbons (Fsp3) is 0.0833. The van der Waals surface area contributed by atoms with E-state index in [4.69, 9.17) is 27.9 Å². The van der Waals surface area contributed by atoms with Crippen LogP contribution in [-0.4, -0.2) is 0 Å². The lowest BCUT2D eigenvalue weighted by Gasteiger charge is -2.14. The van der Waals surface area contributed by atoms with Crippen molar-refractivity contribution in [1.29, 1.82) is 0 Å². The van der Waals surface area contributed by atoms with Crippen molar-refractivity contribution in [2.75, 3.05) is 5.32 Å². The van der Waals surface area contributed by atoms with Crippen LogP contribution in [0.1, 0.15) is 11.1 Å². The molecule has 0 saturated heterocycles. The summed E-state index contributed by atoms with van der Waals surface area (Å²) >= 11 is 12.2. The Labute approximate surface area is 174 Å². The van der Waals surface area contributed by atoms with Crippen LogP contribution in [0.15, 0.2) is 84.9 Å². The molecule has 1 N–H and O–H groups in total. The number of anilines is 1. The number of nitrogens with one attached hydrogen (secondary N) is 1. The Hall–Kier alpha value is -2.68. The Kier molecular flexibility index (Phi) is 5.70. The molecule has 4 heteroatoms. The van der Waals surface area contributed by atoms with E-state index in [0.29, 0.717) is 23.2 Å². The maximum absolute atomic E-state index is 6.26. The lowest BCUT2D eigenvalue weighted by Crippen LogP contribution is -2.04. The molecule has 2 nitrogen and oxygen atoms in total. The van der Waals surface area contributed by atoms with Crippen LogP contribution in [0.2, 0.25) is 10.0 Å². The Morgan fingerprint density at radius 1 is 0.750 bits per heavy atom. The number of fused-ring (bicyclic) bond motifs is 1. The van der Waals surface area contributed by atoms with Gasteiger partial charge in [-0.3, -0.25) is 0 Å². The van der Waals surface area contributed by atoms with E-state index in [9.17, 15) is 0 Å². The van der Waals surface area contributed by atoms with Gasteiger partial charge in [0.2, 0.25) is 0 Å². The SMILES string of the molecule is Clc1ccc(COc2ccccc2CNc2cccc3ccccc23)c(Cl)c1. The van der Waals surface area contributed by atoms with Gasteiger partial charge in [-0.15, -0.1) is 0 Å². The summed E-state index contributed by atoms with van der Waals surface area (Å²) in [7, 11) is 0. The van der Waals surface area contributed by atoms with Gasteiger partial charge in [-0.25, -0.2) is 0 Å². The normalized spacial score (nSPS) is 10.8. The summed E-state index contributed by atoms with van der Waals surface area (Å²) in [5.74, 6) is 0.834. The van der Waals surface area contributed by atoms with Crippen molar-refractivity contribution in [2.24, 2.45) is 0 Å². The van der Waals surface area contributed by atoms with Gasteiger partial charge in [0, 0.05) is 38.8 Å². The largest absolute Gasteiger partial charge is 0.488 e. The third-order valence-corrected chi connectivity index (χ3v) is 5.22. The second-order valence-corrected chi connectivity index (χ2v) is 7.36. The van der Waals surface area contributed by atoms with Crippen LogP contribution < -0.4 is 10.1 Å². The van der Waals surface area contributed by atoms with Crippen molar-refractivity contribution in [2.45, 2.75) is 13.2 Å². The van der Waals surface area contributed by atoms with Crippen molar-refractivity contribution < 1.29 is 4.74 Å². The molecule has 0 amide bonds. The predicted molar refractivity (Wildman–Crippen MR) is 119 cm³/mol. The maximum Gasteiger partial charge on any atom is 0.124 e. The molecule has 0 radical (unpaired) electrons. The molecule has 4 rings (SSSR count). The van der Waals surface area contributed by atoms with E-state index in [1.807, 2.05) is 30.3 Å². The number of para-hydroxylation sites is 1. The van der Waals surface area contributed by atoms with Crippen molar-refractivity contribution in [3.05, 3.63) is 106 Å².